The van der Waals surface area contributed by atoms with Crippen LogP contribution < -0.4 is 5.73 Å². The molecule has 3 atom stereocenters. The van der Waals surface area contributed by atoms with E-state index in [4.69, 9.17) is 10.5 Å². The molecule has 0 bridgehead atoms. The number of nitrogens with two attached hydrogens (primary N) is 1. The molecule has 1 aliphatic rings. The molecular formula is C12H23NO. The van der Waals surface area contributed by atoms with Gasteiger partial charge in [0.25, 0.3) is 0 Å². The summed E-state index contributed by atoms with van der Waals surface area (Å²) in [5, 5.41) is 0. The Labute approximate surface area is 87.5 Å². The lowest BCUT2D eigenvalue weighted by molar-refractivity contribution is -0.0835. The molecule has 82 valence electrons. The first kappa shape index (κ1) is 11.7. The summed E-state index contributed by atoms with van der Waals surface area (Å²) in [6, 6.07) is -0.0230. The van der Waals surface area contributed by atoms with Crippen LogP contribution in [0.1, 0.15) is 39.5 Å². The minimum atomic E-state index is -0.131. The average molecular weight is 197 g/mol. The summed E-state index contributed by atoms with van der Waals surface area (Å²) in [7, 11) is 0. The topological polar surface area (TPSA) is 35.2 Å². The van der Waals surface area contributed by atoms with E-state index in [0.717, 1.165) is 25.4 Å². The van der Waals surface area contributed by atoms with E-state index < -0.39 is 0 Å². The minimum Gasteiger partial charge on any atom is -0.373 e. The van der Waals surface area contributed by atoms with Gasteiger partial charge >= 0.3 is 0 Å². The quantitative estimate of drug-likeness (QED) is 0.703. The lowest BCUT2D eigenvalue weighted by atomic mass is 9.75. The molecule has 0 radical (unpaired) electrons. The Morgan fingerprint density at radius 1 is 1.71 bits per heavy atom. The molecule has 1 saturated carbocycles. The molecule has 0 aromatic rings. The summed E-state index contributed by atoms with van der Waals surface area (Å²) in [5.41, 5.74) is 5.96. The van der Waals surface area contributed by atoms with Crippen LogP contribution in [0.15, 0.2) is 12.7 Å². The van der Waals surface area contributed by atoms with Crippen molar-refractivity contribution in [1.82, 2.24) is 0 Å². The van der Waals surface area contributed by atoms with Crippen LogP contribution in [0.3, 0.4) is 0 Å². The SMILES string of the molecule is C=CC(N)C1(OCC)CCCC(C)C1. The van der Waals surface area contributed by atoms with Gasteiger partial charge in [-0.1, -0.05) is 25.8 Å². The van der Waals surface area contributed by atoms with Crippen LogP contribution in [0, 0.1) is 5.92 Å². The number of ether oxygens (including phenoxy) is 1. The average Bonchev–Trinajstić information content (AvgIpc) is 2.17. The van der Waals surface area contributed by atoms with Crippen molar-refractivity contribution >= 4 is 0 Å². The van der Waals surface area contributed by atoms with Gasteiger partial charge in [0.15, 0.2) is 0 Å². The van der Waals surface area contributed by atoms with Crippen molar-refractivity contribution < 1.29 is 4.74 Å². The molecule has 0 heterocycles. The molecule has 0 spiro atoms. The molecule has 1 fully saturated rings. The molecule has 2 heteroatoms. The van der Waals surface area contributed by atoms with Gasteiger partial charge in [0.05, 0.1) is 11.6 Å². The zero-order chi connectivity index (χ0) is 10.6. The van der Waals surface area contributed by atoms with Gasteiger partial charge in [0, 0.05) is 6.61 Å². The predicted octanol–water partition coefficient (Wildman–Crippen LogP) is 2.49. The second-order valence-electron chi connectivity index (χ2n) is 4.46. The minimum absolute atomic E-state index is 0.0230. The zero-order valence-corrected chi connectivity index (χ0v) is 9.46. The van der Waals surface area contributed by atoms with Crippen molar-refractivity contribution in [1.29, 1.82) is 0 Å². The molecule has 2 N–H and O–H groups in total. The molecule has 3 unspecified atom stereocenters. The molecule has 2 nitrogen and oxygen atoms in total. The maximum atomic E-state index is 6.09. The van der Waals surface area contributed by atoms with Crippen molar-refractivity contribution in [2.45, 2.75) is 51.2 Å². The number of rotatable bonds is 4. The molecular weight excluding hydrogens is 174 g/mol. The summed E-state index contributed by atoms with van der Waals surface area (Å²) in [6.07, 6.45) is 6.52. The van der Waals surface area contributed by atoms with Crippen molar-refractivity contribution in [2.75, 3.05) is 6.61 Å². The standard InChI is InChI=1S/C12H23NO/c1-4-11(13)12(14-5-2)8-6-7-10(3)9-12/h4,10-11H,1,5-9,13H2,2-3H3. The lowest BCUT2D eigenvalue weighted by Crippen LogP contribution is -2.51. The normalized spacial score (nSPS) is 35.2. The van der Waals surface area contributed by atoms with Gasteiger partial charge in [-0.25, -0.2) is 0 Å². The maximum absolute atomic E-state index is 6.09. The highest BCUT2D eigenvalue weighted by Crippen LogP contribution is 2.37. The first-order valence-corrected chi connectivity index (χ1v) is 5.66. The Kier molecular flexibility index (Phi) is 4.14. The van der Waals surface area contributed by atoms with E-state index in [1.54, 1.807) is 0 Å². The van der Waals surface area contributed by atoms with Crippen LogP contribution in [0.25, 0.3) is 0 Å². The molecule has 0 aromatic carbocycles. The highest BCUT2D eigenvalue weighted by atomic mass is 16.5. The second kappa shape index (κ2) is 4.94. The third-order valence-corrected chi connectivity index (χ3v) is 3.28. The third kappa shape index (κ3) is 2.37. The predicted molar refractivity (Wildman–Crippen MR) is 60.2 cm³/mol. The first-order chi connectivity index (χ1) is 6.64. The van der Waals surface area contributed by atoms with Crippen LogP contribution in [0.4, 0.5) is 0 Å². The van der Waals surface area contributed by atoms with E-state index in [-0.39, 0.29) is 11.6 Å². The van der Waals surface area contributed by atoms with Gasteiger partial charge in [-0.2, -0.15) is 0 Å². The van der Waals surface area contributed by atoms with Gasteiger partial charge in [-0.05, 0) is 25.7 Å². The summed E-state index contributed by atoms with van der Waals surface area (Å²) in [5.74, 6) is 0.723. The van der Waals surface area contributed by atoms with Gasteiger partial charge in [-0.15, -0.1) is 6.58 Å². The van der Waals surface area contributed by atoms with Crippen molar-refractivity contribution in [3.8, 4) is 0 Å². The van der Waals surface area contributed by atoms with E-state index >= 15 is 0 Å². The summed E-state index contributed by atoms with van der Waals surface area (Å²) in [6.45, 7) is 8.85. The largest absolute Gasteiger partial charge is 0.373 e. The Balaban J connectivity index is 2.73. The van der Waals surface area contributed by atoms with Gasteiger partial charge in [-0.3, -0.25) is 0 Å². The molecule has 0 amide bonds. The van der Waals surface area contributed by atoms with E-state index in [1.165, 1.54) is 12.8 Å². The molecule has 0 aromatic heterocycles. The Morgan fingerprint density at radius 2 is 2.43 bits per heavy atom. The summed E-state index contributed by atoms with van der Waals surface area (Å²) in [4.78, 5) is 0. The highest BCUT2D eigenvalue weighted by Gasteiger charge is 2.39. The van der Waals surface area contributed by atoms with Crippen molar-refractivity contribution in [3.63, 3.8) is 0 Å². The fraction of sp³-hybridized carbons (Fsp3) is 0.833. The van der Waals surface area contributed by atoms with E-state index in [2.05, 4.69) is 13.5 Å². The Morgan fingerprint density at radius 3 is 2.93 bits per heavy atom. The van der Waals surface area contributed by atoms with Gasteiger partial charge < -0.3 is 10.5 Å². The maximum Gasteiger partial charge on any atom is 0.0870 e. The van der Waals surface area contributed by atoms with E-state index in [0.29, 0.717) is 0 Å². The summed E-state index contributed by atoms with van der Waals surface area (Å²) >= 11 is 0. The van der Waals surface area contributed by atoms with Crippen LogP contribution in [0.5, 0.6) is 0 Å². The Bertz CT molecular complexity index is 189. The summed E-state index contributed by atoms with van der Waals surface area (Å²) < 4.78 is 5.90. The third-order valence-electron chi connectivity index (χ3n) is 3.28. The molecule has 0 aliphatic heterocycles. The van der Waals surface area contributed by atoms with Crippen molar-refractivity contribution in [2.24, 2.45) is 11.7 Å². The van der Waals surface area contributed by atoms with E-state index in [9.17, 15) is 0 Å². The van der Waals surface area contributed by atoms with Crippen LogP contribution in [0.2, 0.25) is 0 Å². The van der Waals surface area contributed by atoms with E-state index in [1.807, 2.05) is 13.0 Å². The first-order valence-electron chi connectivity index (χ1n) is 5.66. The monoisotopic (exact) mass is 197 g/mol. The molecule has 14 heavy (non-hydrogen) atoms. The van der Waals surface area contributed by atoms with Crippen LogP contribution >= 0.6 is 0 Å². The fourth-order valence-corrected chi connectivity index (χ4v) is 2.58. The van der Waals surface area contributed by atoms with Gasteiger partial charge in [0.2, 0.25) is 0 Å². The Hall–Kier alpha value is -0.340. The highest BCUT2D eigenvalue weighted by molar-refractivity contribution is 5.03. The molecule has 1 rings (SSSR count). The fourth-order valence-electron chi connectivity index (χ4n) is 2.58. The number of hydrogen-bond acceptors (Lipinski definition) is 2. The lowest BCUT2D eigenvalue weighted by Gasteiger charge is -2.42. The molecule has 1 aliphatic carbocycles. The number of hydrogen-bond donors (Lipinski definition) is 1. The zero-order valence-electron chi connectivity index (χ0n) is 9.46. The molecule has 0 saturated heterocycles. The van der Waals surface area contributed by atoms with Crippen LogP contribution in [-0.2, 0) is 4.74 Å². The van der Waals surface area contributed by atoms with Gasteiger partial charge in [0.1, 0.15) is 0 Å². The second-order valence-corrected chi connectivity index (χ2v) is 4.46. The van der Waals surface area contributed by atoms with Crippen molar-refractivity contribution in [3.05, 3.63) is 12.7 Å². The van der Waals surface area contributed by atoms with Crippen LogP contribution in [-0.4, -0.2) is 18.2 Å². The smallest absolute Gasteiger partial charge is 0.0870 e.